The Kier molecular flexibility index (Phi) is 3.79. The first-order chi connectivity index (χ1) is 10.2. The van der Waals surface area contributed by atoms with E-state index in [1.807, 2.05) is 41.4 Å². The van der Waals surface area contributed by atoms with Crippen LogP contribution >= 0.6 is 11.3 Å². The summed E-state index contributed by atoms with van der Waals surface area (Å²) in [5.41, 5.74) is 7.18. The average Bonchev–Trinajstić information content (AvgIpc) is 3.12. The van der Waals surface area contributed by atoms with E-state index in [1.54, 1.807) is 23.7 Å². The van der Waals surface area contributed by atoms with Gasteiger partial charge < -0.3 is 0 Å². The molecule has 0 radical (unpaired) electrons. The first-order valence-electron chi connectivity index (χ1n) is 6.54. The molecule has 1 aromatic carbocycles. The highest BCUT2D eigenvalue weighted by Gasteiger charge is 2.00. The van der Waals surface area contributed by atoms with Crippen LogP contribution in [0.4, 0.5) is 5.13 Å². The van der Waals surface area contributed by atoms with E-state index in [9.17, 15) is 0 Å². The topological polar surface area (TPSA) is 55.1 Å². The van der Waals surface area contributed by atoms with Crippen LogP contribution < -0.4 is 5.43 Å². The van der Waals surface area contributed by atoms with Gasteiger partial charge in [0, 0.05) is 17.8 Å². The second-order valence-corrected chi connectivity index (χ2v) is 5.51. The summed E-state index contributed by atoms with van der Waals surface area (Å²) in [6.07, 6.45) is 5.50. The van der Waals surface area contributed by atoms with Gasteiger partial charge in [0.1, 0.15) is 0 Å². The lowest BCUT2D eigenvalue weighted by Crippen LogP contribution is -1.97. The molecule has 2 heterocycles. The van der Waals surface area contributed by atoms with E-state index in [0.717, 1.165) is 27.6 Å². The van der Waals surface area contributed by atoms with E-state index in [2.05, 4.69) is 33.6 Å². The zero-order chi connectivity index (χ0) is 14.7. The first-order valence-corrected chi connectivity index (χ1v) is 7.42. The number of nitrogens with zero attached hydrogens (tertiary/aromatic N) is 4. The van der Waals surface area contributed by atoms with Crippen molar-refractivity contribution in [1.82, 2.24) is 14.8 Å². The number of nitrogens with one attached hydrogen (secondary N) is 1. The largest absolute Gasteiger partial charge is 0.253 e. The van der Waals surface area contributed by atoms with Crippen molar-refractivity contribution in [3.63, 3.8) is 0 Å². The molecule has 5 nitrogen and oxygen atoms in total. The fraction of sp³-hybridized carbons (Fsp3) is 0.133. The van der Waals surface area contributed by atoms with Gasteiger partial charge in [-0.05, 0) is 43.2 Å². The number of aryl methyl sites for hydroxylation is 2. The predicted molar refractivity (Wildman–Crippen MR) is 86.4 cm³/mol. The van der Waals surface area contributed by atoms with Crippen molar-refractivity contribution in [3.05, 3.63) is 58.9 Å². The van der Waals surface area contributed by atoms with Crippen molar-refractivity contribution in [1.29, 1.82) is 0 Å². The Morgan fingerprint density at radius 2 is 2.24 bits per heavy atom. The van der Waals surface area contributed by atoms with Crippen LogP contribution in [0.1, 0.15) is 16.8 Å². The molecule has 0 atom stereocenters. The molecule has 2 aromatic heterocycles. The zero-order valence-corrected chi connectivity index (χ0v) is 12.6. The minimum atomic E-state index is 0.801. The molecule has 0 amide bonds. The lowest BCUT2D eigenvalue weighted by Gasteiger charge is -2.05. The summed E-state index contributed by atoms with van der Waals surface area (Å²) in [4.78, 5) is 4.29. The third-order valence-corrected chi connectivity index (χ3v) is 3.87. The molecule has 21 heavy (non-hydrogen) atoms. The van der Waals surface area contributed by atoms with Crippen molar-refractivity contribution in [2.75, 3.05) is 5.43 Å². The van der Waals surface area contributed by atoms with Crippen molar-refractivity contribution in [3.8, 4) is 5.69 Å². The Labute approximate surface area is 127 Å². The number of aromatic nitrogens is 3. The number of hydrogen-bond acceptors (Lipinski definition) is 5. The van der Waals surface area contributed by atoms with Crippen molar-refractivity contribution >= 4 is 22.7 Å². The minimum Gasteiger partial charge on any atom is -0.253 e. The van der Waals surface area contributed by atoms with E-state index >= 15 is 0 Å². The summed E-state index contributed by atoms with van der Waals surface area (Å²) < 4.78 is 1.84. The Morgan fingerprint density at radius 1 is 1.33 bits per heavy atom. The molecule has 6 heteroatoms. The van der Waals surface area contributed by atoms with Gasteiger partial charge in [-0.25, -0.2) is 9.67 Å². The first kappa shape index (κ1) is 13.5. The normalized spacial score (nSPS) is 11.1. The Balaban J connectivity index is 1.74. The molecule has 106 valence electrons. The van der Waals surface area contributed by atoms with Crippen LogP contribution in [0.3, 0.4) is 0 Å². The third-order valence-electron chi connectivity index (χ3n) is 3.01. The molecule has 0 fully saturated rings. The molecule has 0 aliphatic heterocycles. The highest BCUT2D eigenvalue weighted by Crippen LogP contribution is 2.15. The highest BCUT2D eigenvalue weighted by atomic mass is 32.1. The van der Waals surface area contributed by atoms with Crippen LogP contribution in [0.5, 0.6) is 0 Å². The van der Waals surface area contributed by atoms with Gasteiger partial charge in [-0.2, -0.15) is 10.2 Å². The molecule has 0 unspecified atom stereocenters. The van der Waals surface area contributed by atoms with Gasteiger partial charge in [0.05, 0.1) is 17.6 Å². The number of thiazole rings is 1. The van der Waals surface area contributed by atoms with E-state index in [-0.39, 0.29) is 0 Å². The van der Waals surface area contributed by atoms with Crippen LogP contribution in [0.2, 0.25) is 0 Å². The Hall–Kier alpha value is -2.47. The van der Waals surface area contributed by atoms with Crippen LogP contribution in [0, 0.1) is 13.8 Å². The molecule has 0 spiro atoms. The number of anilines is 1. The van der Waals surface area contributed by atoms with Gasteiger partial charge in [-0.1, -0.05) is 6.07 Å². The minimum absolute atomic E-state index is 0.801. The van der Waals surface area contributed by atoms with Gasteiger partial charge in [0.15, 0.2) is 0 Å². The van der Waals surface area contributed by atoms with E-state index in [1.165, 1.54) is 0 Å². The maximum Gasteiger partial charge on any atom is 0.203 e. The molecule has 0 saturated carbocycles. The third kappa shape index (κ3) is 3.17. The summed E-state index contributed by atoms with van der Waals surface area (Å²) in [5.74, 6) is 0. The highest BCUT2D eigenvalue weighted by molar-refractivity contribution is 7.13. The summed E-state index contributed by atoms with van der Waals surface area (Å²) >= 11 is 1.54. The second-order valence-electron chi connectivity index (χ2n) is 4.66. The average molecular weight is 297 g/mol. The Bertz CT molecular complexity index is 758. The summed E-state index contributed by atoms with van der Waals surface area (Å²) in [6.45, 7) is 4.02. The molecule has 0 bridgehead atoms. The predicted octanol–water partition coefficient (Wildman–Crippen LogP) is 3.39. The second kappa shape index (κ2) is 5.88. The van der Waals surface area contributed by atoms with Gasteiger partial charge >= 0.3 is 0 Å². The van der Waals surface area contributed by atoms with Crippen LogP contribution in [0.25, 0.3) is 5.69 Å². The van der Waals surface area contributed by atoms with Gasteiger partial charge in [0.2, 0.25) is 5.13 Å². The van der Waals surface area contributed by atoms with Gasteiger partial charge in [-0.15, -0.1) is 11.3 Å². The fourth-order valence-electron chi connectivity index (χ4n) is 1.93. The van der Waals surface area contributed by atoms with E-state index < -0.39 is 0 Å². The van der Waals surface area contributed by atoms with Gasteiger partial charge in [0.25, 0.3) is 0 Å². The Morgan fingerprint density at radius 3 is 2.90 bits per heavy atom. The van der Waals surface area contributed by atoms with Crippen LogP contribution in [-0.4, -0.2) is 21.0 Å². The van der Waals surface area contributed by atoms with E-state index in [4.69, 9.17) is 0 Å². The molecule has 3 aromatic rings. The lowest BCUT2D eigenvalue weighted by molar-refractivity contribution is 0.879. The number of rotatable bonds is 4. The van der Waals surface area contributed by atoms with Crippen molar-refractivity contribution in [2.45, 2.75) is 13.8 Å². The maximum absolute atomic E-state index is 4.29. The summed E-state index contributed by atoms with van der Waals surface area (Å²) in [5, 5.41) is 11.2. The quantitative estimate of drug-likeness (QED) is 0.593. The smallest absolute Gasteiger partial charge is 0.203 e. The summed E-state index contributed by atoms with van der Waals surface area (Å²) in [7, 11) is 0. The number of benzene rings is 1. The standard InChI is InChI=1S/C15H15N5S/c1-11-8-14(20-7-3-6-17-20)5-4-13(11)9-16-19-15-18-12(2)10-21-15/h3-10H,1-2H3,(H,18,19). The molecule has 0 aliphatic rings. The van der Waals surface area contributed by atoms with Crippen molar-refractivity contribution < 1.29 is 0 Å². The molecule has 1 N–H and O–H groups in total. The van der Waals surface area contributed by atoms with Crippen molar-refractivity contribution in [2.24, 2.45) is 5.10 Å². The zero-order valence-electron chi connectivity index (χ0n) is 11.8. The number of hydrogen-bond donors (Lipinski definition) is 1. The molecule has 0 aliphatic carbocycles. The van der Waals surface area contributed by atoms with Crippen LogP contribution in [0.15, 0.2) is 47.1 Å². The molecule has 0 saturated heterocycles. The summed E-state index contributed by atoms with van der Waals surface area (Å²) in [6, 6.07) is 8.05. The number of hydrazone groups is 1. The van der Waals surface area contributed by atoms with Gasteiger partial charge in [-0.3, -0.25) is 5.43 Å². The lowest BCUT2D eigenvalue weighted by atomic mass is 10.1. The monoisotopic (exact) mass is 297 g/mol. The maximum atomic E-state index is 4.29. The van der Waals surface area contributed by atoms with Crippen LogP contribution in [-0.2, 0) is 0 Å². The molecule has 3 rings (SSSR count). The van der Waals surface area contributed by atoms with E-state index in [0.29, 0.717) is 0 Å². The molecular weight excluding hydrogens is 282 g/mol. The molecular formula is C15H15N5S. The SMILES string of the molecule is Cc1csc(NN=Cc2ccc(-n3cccn3)cc2C)n1. The fourth-order valence-corrected chi connectivity index (χ4v) is 2.57.